The van der Waals surface area contributed by atoms with Gasteiger partial charge in [-0.15, -0.1) is 0 Å². The number of amides is 1. The predicted molar refractivity (Wildman–Crippen MR) is 127 cm³/mol. The van der Waals surface area contributed by atoms with Crippen molar-refractivity contribution in [2.75, 3.05) is 39.8 Å². The third kappa shape index (κ3) is 10.4. The number of likely N-dealkylation sites (N-methyl/N-ethyl adjacent to an activating group) is 1. The monoisotopic (exact) mass is 437 g/mol. The molecule has 5 heteroatoms. The lowest BCUT2D eigenvalue weighted by atomic mass is 9.97. The van der Waals surface area contributed by atoms with Crippen LogP contribution in [-0.4, -0.2) is 67.1 Å². The van der Waals surface area contributed by atoms with Gasteiger partial charge in [-0.25, -0.2) is 0 Å². The fraction of sp³-hybridized carbons (Fsp3) is 0.923. The van der Waals surface area contributed by atoms with E-state index in [1.165, 1.54) is 57.8 Å². The van der Waals surface area contributed by atoms with Crippen molar-refractivity contribution in [3.63, 3.8) is 0 Å². The number of hydrogen-bond donors (Lipinski definition) is 0. The highest BCUT2D eigenvalue weighted by atomic mass is 16.5. The predicted octanol–water partition coefficient (Wildman–Crippen LogP) is 5.32. The van der Waals surface area contributed by atoms with Gasteiger partial charge < -0.3 is 14.1 Å². The van der Waals surface area contributed by atoms with Crippen LogP contribution in [0.15, 0.2) is 0 Å². The van der Waals surface area contributed by atoms with Crippen molar-refractivity contribution in [2.24, 2.45) is 5.92 Å². The van der Waals surface area contributed by atoms with Crippen LogP contribution in [0.2, 0.25) is 0 Å². The Hall–Kier alpha value is -1.10. The van der Waals surface area contributed by atoms with Gasteiger partial charge in [-0.2, -0.15) is 0 Å². The summed E-state index contributed by atoms with van der Waals surface area (Å²) < 4.78 is 6.94. The molecule has 180 valence electrons. The van der Waals surface area contributed by atoms with Crippen LogP contribution in [0.25, 0.3) is 0 Å². The molecule has 0 aromatic rings. The number of quaternary nitrogens is 1. The molecular formula is C26H49N2O3+. The summed E-state index contributed by atoms with van der Waals surface area (Å²) in [5.74, 6) is 0.936. The summed E-state index contributed by atoms with van der Waals surface area (Å²) in [4.78, 5) is 26.6. The van der Waals surface area contributed by atoms with Crippen molar-refractivity contribution in [1.29, 1.82) is 0 Å². The second-order valence-corrected chi connectivity index (χ2v) is 10.6. The van der Waals surface area contributed by atoms with Crippen LogP contribution in [0.3, 0.4) is 0 Å². The maximum atomic E-state index is 12.6. The average molecular weight is 438 g/mol. The Labute approximate surface area is 191 Å². The maximum absolute atomic E-state index is 12.6. The van der Waals surface area contributed by atoms with Gasteiger partial charge in [0.2, 0.25) is 5.91 Å². The zero-order valence-electron chi connectivity index (χ0n) is 20.7. The average Bonchev–Trinajstić information content (AvgIpc) is 3.13. The van der Waals surface area contributed by atoms with E-state index in [1.54, 1.807) is 0 Å². The molecular weight excluding hydrogens is 388 g/mol. The smallest absolute Gasteiger partial charge is 0.306 e. The van der Waals surface area contributed by atoms with Crippen molar-refractivity contribution in [2.45, 2.75) is 110 Å². The summed E-state index contributed by atoms with van der Waals surface area (Å²) >= 11 is 0. The number of carbonyl (C=O) groups excluding carboxylic acids is 2. The van der Waals surface area contributed by atoms with E-state index < -0.39 is 0 Å². The van der Waals surface area contributed by atoms with Gasteiger partial charge in [-0.05, 0) is 31.6 Å². The first-order valence-corrected chi connectivity index (χ1v) is 13.2. The Kier molecular flexibility index (Phi) is 11.9. The number of likely N-dealkylation sites (tertiary alicyclic amines) is 2. The first kappa shape index (κ1) is 26.2. The van der Waals surface area contributed by atoms with Crippen molar-refractivity contribution in [3.8, 4) is 0 Å². The van der Waals surface area contributed by atoms with E-state index in [9.17, 15) is 9.59 Å². The summed E-state index contributed by atoms with van der Waals surface area (Å²) in [6, 6.07) is 0. The lowest BCUT2D eigenvalue weighted by Crippen LogP contribution is -2.55. The Balaban J connectivity index is 1.72. The van der Waals surface area contributed by atoms with Gasteiger partial charge in [0.25, 0.3) is 0 Å². The number of rotatable bonds is 15. The van der Waals surface area contributed by atoms with Gasteiger partial charge in [0.05, 0.1) is 26.7 Å². The fourth-order valence-corrected chi connectivity index (χ4v) is 5.09. The number of hydrogen-bond acceptors (Lipinski definition) is 3. The molecule has 2 saturated heterocycles. The minimum absolute atomic E-state index is 0.0726. The summed E-state index contributed by atoms with van der Waals surface area (Å²) in [6.45, 7) is 9.08. The van der Waals surface area contributed by atoms with Crippen LogP contribution in [0.4, 0.5) is 0 Å². The highest BCUT2D eigenvalue weighted by Gasteiger charge is 2.34. The zero-order chi connectivity index (χ0) is 22.5. The number of esters is 1. The first-order valence-electron chi connectivity index (χ1n) is 13.2. The van der Waals surface area contributed by atoms with E-state index in [-0.39, 0.29) is 18.0 Å². The van der Waals surface area contributed by atoms with Crippen molar-refractivity contribution in [1.82, 2.24) is 4.90 Å². The third-order valence-corrected chi connectivity index (χ3v) is 7.35. The molecule has 5 nitrogen and oxygen atoms in total. The van der Waals surface area contributed by atoms with Crippen LogP contribution >= 0.6 is 0 Å². The molecule has 2 rings (SSSR count). The molecule has 2 fully saturated rings. The molecule has 1 unspecified atom stereocenters. The Morgan fingerprint density at radius 3 is 2.26 bits per heavy atom. The fourth-order valence-electron chi connectivity index (χ4n) is 5.09. The quantitative estimate of drug-likeness (QED) is 0.198. The minimum atomic E-state index is -0.175. The number of ether oxygens (including phenoxy) is 1. The highest BCUT2D eigenvalue weighted by Crippen LogP contribution is 2.23. The van der Waals surface area contributed by atoms with Crippen LogP contribution in [0, 0.1) is 5.92 Å². The maximum Gasteiger partial charge on any atom is 0.306 e. The molecule has 2 heterocycles. The van der Waals surface area contributed by atoms with Gasteiger partial charge in [0, 0.05) is 19.4 Å². The van der Waals surface area contributed by atoms with E-state index >= 15 is 0 Å². The van der Waals surface area contributed by atoms with Crippen molar-refractivity contribution < 1.29 is 18.8 Å². The third-order valence-electron chi connectivity index (χ3n) is 7.35. The van der Waals surface area contributed by atoms with Gasteiger partial charge in [0.1, 0.15) is 6.54 Å². The topological polar surface area (TPSA) is 46.6 Å². The van der Waals surface area contributed by atoms with Crippen LogP contribution in [-0.2, 0) is 14.3 Å². The molecule has 31 heavy (non-hydrogen) atoms. The summed E-state index contributed by atoms with van der Waals surface area (Å²) in [5.41, 5.74) is 0. The molecule has 0 aromatic carbocycles. The van der Waals surface area contributed by atoms with E-state index in [2.05, 4.69) is 20.9 Å². The molecule has 1 amide bonds. The molecule has 0 bridgehead atoms. The van der Waals surface area contributed by atoms with E-state index in [4.69, 9.17) is 4.74 Å². The lowest BCUT2D eigenvalue weighted by Gasteiger charge is -2.42. The Bertz CT molecular complexity index is 529. The number of unbranched alkanes of at least 4 members (excludes halogenated alkanes) is 8. The second-order valence-electron chi connectivity index (χ2n) is 10.6. The van der Waals surface area contributed by atoms with E-state index in [0.717, 1.165) is 55.8 Å². The molecule has 0 aliphatic carbocycles. The Morgan fingerprint density at radius 2 is 1.68 bits per heavy atom. The van der Waals surface area contributed by atoms with Gasteiger partial charge in [-0.3, -0.25) is 9.59 Å². The molecule has 0 spiro atoms. The minimum Gasteiger partial charge on any atom is -0.454 e. The van der Waals surface area contributed by atoms with Crippen LogP contribution < -0.4 is 0 Å². The summed E-state index contributed by atoms with van der Waals surface area (Å²) in [7, 11) is 2.29. The Morgan fingerprint density at radius 1 is 1.06 bits per heavy atom. The molecule has 0 radical (unpaired) electrons. The molecule has 0 aromatic heterocycles. The van der Waals surface area contributed by atoms with Gasteiger partial charge in [-0.1, -0.05) is 65.2 Å². The molecule has 2 aliphatic heterocycles. The standard InChI is InChI=1S/C26H49N2O3/c1-4-5-6-7-8-9-10-11-12-15-26(30)31-24(21-27-18-13-14-25(27)29)22-28(3)19-16-23(2)17-20-28/h23-24H,4-22H2,1-3H3/q+1. The SMILES string of the molecule is CCCCCCCCCCCC(=O)OC(CN1CCCC1=O)C[N+]1(C)CCC(C)CC1. The first-order chi connectivity index (χ1) is 14.9. The highest BCUT2D eigenvalue weighted by molar-refractivity contribution is 5.78. The van der Waals surface area contributed by atoms with E-state index in [0.29, 0.717) is 19.4 Å². The van der Waals surface area contributed by atoms with Crippen LogP contribution in [0.1, 0.15) is 104 Å². The largest absolute Gasteiger partial charge is 0.454 e. The van der Waals surface area contributed by atoms with Crippen LogP contribution in [0.5, 0.6) is 0 Å². The molecule has 0 saturated carbocycles. The zero-order valence-corrected chi connectivity index (χ0v) is 20.7. The summed E-state index contributed by atoms with van der Waals surface area (Å²) in [5, 5.41) is 0. The lowest BCUT2D eigenvalue weighted by molar-refractivity contribution is -0.917. The van der Waals surface area contributed by atoms with Crippen molar-refractivity contribution >= 4 is 11.9 Å². The van der Waals surface area contributed by atoms with Gasteiger partial charge in [0.15, 0.2) is 6.10 Å². The molecule has 2 aliphatic rings. The molecule has 1 atom stereocenters. The van der Waals surface area contributed by atoms with Gasteiger partial charge >= 0.3 is 5.97 Å². The normalized spacial score (nSPS) is 25.1. The second kappa shape index (κ2) is 14.1. The molecule has 0 N–H and O–H groups in total. The number of carbonyl (C=O) groups is 2. The van der Waals surface area contributed by atoms with Crippen molar-refractivity contribution in [3.05, 3.63) is 0 Å². The number of piperidine rings is 1. The number of nitrogens with zero attached hydrogens (tertiary/aromatic N) is 2. The summed E-state index contributed by atoms with van der Waals surface area (Å²) in [6.07, 6.45) is 15.6. The van der Waals surface area contributed by atoms with E-state index in [1.807, 2.05) is 4.90 Å².